The fraction of sp³-hybridized carbons (Fsp3) is 0.310. The second-order valence-corrected chi connectivity index (χ2v) is 13.6. The van der Waals surface area contributed by atoms with Crippen LogP contribution in [0.4, 0.5) is 4.79 Å². The fourth-order valence-corrected chi connectivity index (χ4v) is 10.8. The Morgan fingerprint density at radius 3 is 1.50 bits per heavy atom. The lowest BCUT2D eigenvalue weighted by molar-refractivity contribution is -0.129. The Hall–Kier alpha value is -3.18. The number of nitrogens with zero attached hydrogens (tertiary/aromatic N) is 2. The van der Waals surface area contributed by atoms with Gasteiger partial charge in [0.05, 0.1) is 0 Å². The van der Waals surface area contributed by atoms with E-state index in [0.29, 0.717) is 0 Å². The molecular weight excluding hydrogens is 436 g/mol. The van der Waals surface area contributed by atoms with Gasteiger partial charge in [-0.3, -0.25) is 9.36 Å². The van der Waals surface area contributed by atoms with Crippen LogP contribution in [0.5, 0.6) is 0 Å². The van der Waals surface area contributed by atoms with Gasteiger partial charge in [-0.2, -0.15) is 0 Å². The van der Waals surface area contributed by atoms with Crippen molar-refractivity contribution in [3.63, 3.8) is 0 Å². The molecule has 3 aromatic rings. The van der Waals surface area contributed by atoms with Crippen LogP contribution in [-0.4, -0.2) is 41.2 Å². The van der Waals surface area contributed by atoms with E-state index in [1.807, 2.05) is 73.3 Å². The third-order valence-electron chi connectivity index (χ3n) is 7.58. The van der Waals surface area contributed by atoms with E-state index in [0.717, 1.165) is 41.2 Å². The van der Waals surface area contributed by atoms with E-state index in [4.69, 9.17) is 0 Å². The summed E-state index contributed by atoms with van der Waals surface area (Å²) >= 11 is 0. The molecule has 0 atom stereocenters. The average molecular weight is 469 g/mol. The largest absolute Gasteiger partial charge is 0.320 e. The van der Waals surface area contributed by atoms with Crippen LogP contribution in [0.2, 0.25) is 0 Å². The molecule has 5 rings (SSSR count). The molecule has 1 aliphatic heterocycles. The maximum atomic E-state index is 14.5. The Morgan fingerprint density at radius 1 is 0.676 bits per heavy atom. The second kappa shape index (κ2) is 8.88. The minimum absolute atomic E-state index is 0.0914. The molecule has 1 saturated heterocycles. The van der Waals surface area contributed by atoms with Crippen LogP contribution in [0, 0.1) is 0 Å². The highest BCUT2D eigenvalue weighted by atomic mass is 28.3. The molecular formula is C29H32N2O2Si. The van der Waals surface area contributed by atoms with Gasteiger partial charge in [-0.05, 0) is 42.2 Å². The van der Waals surface area contributed by atoms with E-state index in [1.165, 1.54) is 6.42 Å². The number of benzene rings is 3. The Balaban J connectivity index is 1.79. The molecule has 2 fully saturated rings. The molecule has 174 valence electrons. The summed E-state index contributed by atoms with van der Waals surface area (Å²) in [5, 5.41) is 3.11. The number of urea groups is 1. The topological polar surface area (TPSA) is 40.6 Å². The average Bonchev–Trinajstić information content (AvgIpc) is 3.06. The van der Waals surface area contributed by atoms with Crippen molar-refractivity contribution in [2.75, 3.05) is 0 Å². The molecule has 1 heterocycles. The van der Waals surface area contributed by atoms with E-state index >= 15 is 0 Å². The molecule has 1 saturated carbocycles. The first kappa shape index (κ1) is 22.6. The number of carbonyl (C=O) groups excluding carboxylic acids is 2. The van der Waals surface area contributed by atoms with Gasteiger partial charge in [0.15, 0.2) is 0 Å². The zero-order valence-electron chi connectivity index (χ0n) is 20.0. The fourth-order valence-electron chi connectivity index (χ4n) is 5.98. The van der Waals surface area contributed by atoms with Gasteiger partial charge in [0.2, 0.25) is 5.91 Å². The Bertz CT molecular complexity index is 1060. The summed E-state index contributed by atoms with van der Waals surface area (Å²) in [4.78, 5) is 30.7. The number of imide groups is 1. The van der Waals surface area contributed by atoms with Gasteiger partial charge in [-0.15, -0.1) is 0 Å². The van der Waals surface area contributed by atoms with E-state index in [9.17, 15) is 9.59 Å². The molecule has 0 bridgehead atoms. The van der Waals surface area contributed by atoms with Gasteiger partial charge in [0, 0.05) is 6.04 Å². The summed E-state index contributed by atoms with van der Waals surface area (Å²) in [5.74, 6) is -0.0914. The predicted octanol–water partition coefficient (Wildman–Crippen LogP) is 4.03. The minimum Gasteiger partial charge on any atom is -0.308 e. The molecule has 0 aromatic heterocycles. The Labute approximate surface area is 203 Å². The number of hydrogen-bond acceptors (Lipinski definition) is 2. The first-order chi connectivity index (χ1) is 16.5. The SMILES string of the molecule is CC1(C)C(=O)N([Si](c2ccccc2)(c2ccccc2)c2ccccc2)C(=O)N1C1CCCCC1. The van der Waals surface area contributed by atoms with E-state index in [1.54, 1.807) is 4.57 Å². The van der Waals surface area contributed by atoms with Crippen LogP contribution < -0.4 is 15.6 Å². The van der Waals surface area contributed by atoms with Gasteiger partial charge in [-0.25, -0.2) is 4.79 Å². The monoisotopic (exact) mass is 468 g/mol. The molecule has 3 amide bonds. The summed E-state index contributed by atoms with van der Waals surface area (Å²) in [6.45, 7) is 3.87. The third kappa shape index (κ3) is 3.41. The molecule has 0 radical (unpaired) electrons. The summed E-state index contributed by atoms with van der Waals surface area (Å²) in [6, 6.07) is 30.5. The quantitative estimate of drug-likeness (QED) is 0.322. The molecule has 0 spiro atoms. The molecule has 4 nitrogen and oxygen atoms in total. The number of rotatable bonds is 5. The number of hydrogen-bond donors (Lipinski definition) is 0. The van der Waals surface area contributed by atoms with Crippen LogP contribution in [-0.2, 0) is 4.79 Å². The van der Waals surface area contributed by atoms with Crippen LogP contribution in [0.3, 0.4) is 0 Å². The van der Waals surface area contributed by atoms with Crippen molar-refractivity contribution in [3.05, 3.63) is 91.0 Å². The van der Waals surface area contributed by atoms with E-state index in [-0.39, 0.29) is 18.0 Å². The summed E-state index contributed by atoms with van der Waals surface area (Å²) in [5.41, 5.74) is -0.879. The standard InChI is InChI=1S/C29H32N2O2Si/c1-29(2)27(32)31(28(33)30(29)23-15-7-3-8-16-23)34(24-17-9-4-10-18-24,25-19-11-5-12-20-25)26-21-13-6-14-22-26/h4-6,9-14,17-23H,3,7-8,15-16H2,1-2H3. The number of amides is 3. The summed E-state index contributed by atoms with van der Waals surface area (Å²) < 4.78 is 1.70. The normalized spacial score (nSPS) is 19.0. The lowest BCUT2D eigenvalue weighted by Crippen LogP contribution is -2.78. The zero-order chi connectivity index (χ0) is 23.8. The first-order valence-electron chi connectivity index (χ1n) is 12.3. The molecule has 3 aromatic carbocycles. The van der Waals surface area contributed by atoms with E-state index in [2.05, 4.69) is 36.4 Å². The Kier molecular flexibility index (Phi) is 5.90. The van der Waals surface area contributed by atoms with Crippen molar-refractivity contribution in [1.82, 2.24) is 9.47 Å². The third-order valence-corrected chi connectivity index (χ3v) is 12.1. The van der Waals surface area contributed by atoms with Crippen LogP contribution in [0.15, 0.2) is 91.0 Å². The van der Waals surface area contributed by atoms with E-state index < -0.39 is 13.8 Å². The molecule has 2 aliphatic rings. The van der Waals surface area contributed by atoms with Crippen molar-refractivity contribution in [2.24, 2.45) is 0 Å². The van der Waals surface area contributed by atoms with Gasteiger partial charge in [0.1, 0.15) is 5.54 Å². The summed E-state index contributed by atoms with van der Waals surface area (Å²) in [6.07, 6.45) is 5.35. The summed E-state index contributed by atoms with van der Waals surface area (Å²) in [7, 11) is -3.22. The molecule has 1 aliphatic carbocycles. The smallest absolute Gasteiger partial charge is 0.308 e. The minimum atomic E-state index is -3.22. The lowest BCUT2D eigenvalue weighted by atomic mass is 9.91. The van der Waals surface area contributed by atoms with Crippen molar-refractivity contribution >= 4 is 35.7 Å². The van der Waals surface area contributed by atoms with Crippen LogP contribution in [0.1, 0.15) is 46.0 Å². The maximum Gasteiger partial charge on any atom is 0.320 e. The van der Waals surface area contributed by atoms with Crippen molar-refractivity contribution < 1.29 is 9.59 Å². The van der Waals surface area contributed by atoms with Crippen molar-refractivity contribution in [2.45, 2.75) is 57.5 Å². The molecule has 0 unspecified atom stereocenters. The number of carbonyl (C=O) groups is 2. The van der Waals surface area contributed by atoms with Crippen molar-refractivity contribution in [3.8, 4) is 0 Å². The lowest BCUT2D eigenvalue weighted by Gasteiger charge is -2.40. The zero-order valence-corrected chi connectivity index (χ0v) is 21.0. The first-order valence-corrected chi connectivity index (χ1v) is 14.3. The van der Waals surface area contributed by atoms with Gasteiger partial charge in [0.25, 0.3) is 8.24 Å². The highest BCUT2D eigenvalue weighted by Gasteiger charge is 2.62. The van der Waals surface area contributed by atoms with Gasteiger partial charge < -0.3 is 4.90 Å². The highest BCUT2D eigenvalue weighted by molar-refractivity contribution is 7.11. The molecule has 0 N–H and O–H groups in total. The second-order valence-electron chi connectivity index (χ2n) is 9.95. The van der Waals surface area contributed by atoms with Gasteiger partial charge in [-0.1, -0.05) is 110 Å². The molecule has 5 heteroatoms. The molecule has 34 heavy (non-hydrogen) atoms. The van der Waals surface area contributed by atoms with Crippen molar-refractivity contribution in [1.29, 1.82) is 0 Å². The Morgan fingerprint density at radius 2 is 1.09 bits per heavy atom. The predicted molar refractivity (Wildman–Crippen MR) is 139 cm³/mol. The highest BCUT2D eigenvalue weighted by Crippen LogP contribution is 2.37. The maximum absolute atomic E-state index is 14.5. The van der Waals surface area contributed by atoms with Crippen LogP contribution in [0.25, 0.3) is 0 Å². The van der Waals surface area contributed by atoms with Gasteiger partial charge >= 0.3 is 6.03 Å². The van der Waals surface area contributed by atoms with Crippen LogP contribution >= 0.6 is 0 Å².